The summed E-state index contributed by atoms with van der Waals surface area (Å²) in [6.07, 6.45) is 26.3. The largest absolute Gasteiger partial charge is 0.508 e. The maximum atomic E-state index is 14.7. The second-order valence-corrected chi connectivity index (χ2v) is 32.2. The number of H-pyrrole nitrogens is 3. The number of hydrogen-bond acceptors (Lipinski definition) is 19. The third-order valence-electron chi connectivity index (χ3n) is 20.8. The minimum atomic E-state index is -1.26. The van der Waals surface area contributed by atoms with Crippen molar-refractivity contribution in [3.8, 4) is 5.75 Å². The molecule has 0 fully saturated rings. The SMILES string of the molecule is CC(C)C[C@H](NC(=O)[C@H](CCCN=C(N)N)CC(=O)[C@H](CCCN=C(N)N)NC(=O)[C@@H](CC(=O)[C@H](CCCN=C(N)N)NC(=O)[C@@H](CC(=O)[C@H](C)NC(=O)[C@@H](C)Cc1cnc[nH]1)Cc1ccc(O)cc1)Cc1cnc[nH]1)C(N)=O.CCCCCCCCCCCCCCCC(=O)N[C@@H](Cc1cnc[nH]1)C(=O)C[C@@H](C)C(=O)N[C@H](C(=O)CC)C(C)C. The molecule has 35 heteroatoms. The van der Waals surface area contributed by atoms with Crippen LogP contribution in [0.1, 0.15) is 252 Å². The first-order chi connectivity index (χ1) is 57.1. The van der Waals surface area contributed by atoms with E-state index in [0.29, 0.717) is 36.9 Å². The number of aromatic amines is 3. The van der Waals surface area contributed by atoms with E-state index in [9.17, 15) is 62.6 Å². The Hall–Kier alpha value is -10.9. The van der Waals surface area contributed by atoms with Crippen LogP contribution in [0.15, 0.2) is 76.8 Å². The number of amides is 7. The molecule has 0 saturated heterocycles. The van der Waals surface area contributed by atoms with Crippen molar-refractivity contribution in [2.24, 2.45) is 96.5 Å². The maximum Gasteiger partial charge on any atom is 0.240 e. The summed E-state index contributed by atoms with van der Waals surface area (Å²) in [4.78, 5) is 196. The van der Waals surface area contributed by atoms with Crippen LogP contribution in [-0.2, 0) is 83.2 Å². The number of aromatic nitrogens is 6. The summed E-state index contributed by atoms with van der Waals surface area (Å²) in [6, 6.07) is 0.220. The lowest BCUT2D eigenvalue weighted by molar-refractivity contribution is -0.136. The summed E-state index contributed by atoms with van der Waals surface area (Å²) in [5.74, 6) is -10.5. The molecule has 0 bridgehead atoms. The molecule has 0 aliphatic rings. The molecule has 4 rings (SSSR count). The molecular formula is C85H140N22O13. The molecule has 0 spiro atoms. The van der Waals surface area contributed by atoms with Crippen molar-refractivity contribution in [2.45, 2.75) is 291 Å². The van der Waals surface area contributed by atoms with Gasteiger partial charge in [-0.2, -0.15) is 0 Å². The molecule has 1 aromatic carbocycles. The van der Waals surface area contributed by atoms with Gasteiger partial charge in [0.2, 0.25) is 41.4 Å². The van der Waals surface area contributed by atoms with E-state index < -0.39 is 126 Å². The van der Waals surface area contributed by atoms with Gasteiger partial charge in [0.15, 0.2) is 46.8 Å². The number of nitrogens with zero attached hydrogens (tertiary/aromatic N) is 6. The highest BCUT2D eigenvalue weighted by atomic mass is 16.3. The van der Waals surface area contributed by atoms with E-state index in [1.54, 1.807) is 51.6 Å². The van der Waals surface area contributed by atoms with E-state index in [1.807, 2.05) is 27.7 Å². The smallest absolute Gasteiger partial charge is 0.240 e. The fourth-order valence-electron chi connectivity index (χ4n) is 13.7. The van der Waals surface area contributed by atoms with Gasteiger partial charge in [-0.3, -0.25) is 72.5 Å². The number of phenols is 1. The molecule has 3 heterocycles. The fraction of sp³-hybridized carbons (Fsp3) is 0.647. The summed E-state index contributed by atoms with van der Waals surface area (Å²) in [5, 5.41) is 26.8. The fourth-order valence-corrected chi connectivity index (χ4v) is 13.7. The van der Waals surface area contributed by atoms with Crippen LogP contribution >= 0.6 is 0 Å². The van der Waals surface area contributed by atoms with E-state index in [0.717, 1.165) is 30.7 Å². The lowest BCUT2D eigenvalue weighted by Crippen LogP contribution is -2.49. The third kappa shape index (κ3) is 43.7. The molecule has 11 atom stereocenters. The number of aromatic hydroxyl groups is 1. The van der Waals surface area contributed by atoms with Crippen LogP contribution < -0.4 is 72.0 Å². The first-order valence-corrected chi connectivity index (χ1v) is 42.7. The standard InChI is InChI=1S/C52H82N18O9.C33H58N4O4/c1-29(2)18-41(45(53)75)70-47(77)33(8-5-15-62-50(54)55)22-43(73)39(9-6-16-63-51(56)57)69-49(79)35(21-37-26-61-28-66-37)24-44(74)40(10-7-17-64-52(58)59)68-48(78)34(20-32-11-13-38(71)14-12-32)23-42(72)31(4)67-46(76)30(3)19-36-25-60-27-65-36;1-6-8-9-10-11-12-13-14-15-16-17-18-19-20-31(40)36-28(22-27-23-34-24-35-27)30(39)21-26(5)33(41)37-32(25(3)4)29(38)7-2/h11-14,25-31,33-35,39-41,71H,5-10,15-24H2,1-4H3,(H2,53,75)(H,60,65)(H,61,66)(H,67,76)(H,68,78)(H,69,79)(H,70,77)(H4,54,55,62)(H4,56,57,63)(H4,58,59,64);23-26,28,32H,6-22H2,1-5H3,(H,34,35)(H,36,40)(H,37,41)/t30-,31-,33+,34+,35+,39-,40-,41-;26-,28+,32+/m01/s1. The quantitative estimate of drug-likeness (QED) is 0.0147. The zero-order chi connectivity index (χ0) is 89.1. The second-order valence-electron chi connectivity index (χ2n) is 32.2. The van der Waals surface area contributed by atoms with Gasteiger partial charge in [0, 0.05) is 137 Å². The molecule has 120 heavy (non-hydrogen) atoms. The highest BCUT2D eigenvalue weighted by Gasteiger charge is 2.36. The van der Waals surface area contributed by atoms with Gasteiger partial charge in [0.1, 0.15) is 11.8 Å². The Morgan fingerprint density at radius 3 is 1.27 bits per heavy atom. The Morgan fingerprint density at radius 1 is 0.408 bits per heavy atom. The predicted molar refractivity (Wildman–Crippen MR) is 462 cm³/mol. The van der Waals surface area contributed by atoms with Crippen molar-refractivity contribution in [3.63, 3.8) is 0 Å². The number of phenolic OH excluding ortho intramolecular Hbond substituents is 1. The van der Waals surface area contributed by atoms with Crippen LogP contribution in [0.4, 0.5) is 0 Å². The maximum absolute atomic E-state index is 14.7. The van der Waals surface area contributed by atoms with Crippen LogP contribution in [0.2, 0.25) is 0 Å². The summed E-state index contributed by atoms with van der Waals surface area (Å²) in [5.41, 5.74) is 41.5. The van der Waals surface area contributed by atoms with E-state index in [1.165, 1.54) is 102 Å². The number of nitrogens with one attached hydrogen (secondary N) is 9. The van der Waals surface area contributed by atoms with Crippen molar-refractivity contribution in [2.75, 3.05) is 19.6 Å². The van der Waals surface area contributed by atoms with Crippen LogP contribution in [-0.4, -0.2) is 179 Å². The van der Waals surface area contributed by atoms with Gasteiger partial charge in [-0.15, -0.1) is 0 Å². The number of rotatable bonds is 63. The Labute approximate surface area is 707 Å². The van der Waals surface area contributed by atoms with Crippen LogP contribution in [0.3, 0.4) is 0 Å². The number of benzene rings is 1. The van der Waals surface area contributed by atoms with Gasteiger partial charge in [-0.05, 0) is 94.2 Å². The molecule has 668 valence electrons. The first-order valence-electron chi connectivity index (χ1n) is 42.7. The summed E-state index contributed by atoms with van der Waals surface area (Å²) < 4.78 is 0. The van der Waals surface area contributed by atoms with E-state index >= 15 is 0 Å². The van der Waals surface area contributed by atoms with Gasteiger partial charge in [-0.1, -0.05) is 145 Å². The average molecular weight is 1680 g/mol. The number of imidazole rings is 3. The normalized spacial score (nSPS) is 13.9. The van der Waals surface area contributed by atoms with Gasteiger partial charge < -0.3 is 92.1 Å². The number of carbonyl (C=O) groups is 12. The number of primary amides is 1. The zero-order valence-electron chi connectivity index (χ0n) is 72.2. The van der Waals surface area contributed by atoms with E-state index in [-0.39, 0.29) is 149 Å². The number of carbonyl (C=O) groups excluding carboxylic acids is 12. The Morgan fingerprint density at radius 2 is 0.825 bits per heavy atom. The Kier molecular flexibility index (Phi) is 50.0. The topological polar surface area (TPSA) is 603 Å². The predicted octanol–water partition coefficient (Wildman–Crippen LogP) is 5.51. The number of Topliss-reactive ketones (excluding diaryl/α,β-unsaturated/α-hetero) is 5. The Balaban J connectivity index is 0.000000761. The molecule has 0 aliphatic heterocycles. The molecule has 0 saturated carbocycles. The van der Waals surface area contributed by atoms with Crippen molar-refractivity contribution in [1.82, 2.24) is 61.8 Å². The molecule has 0 radical (unpaired) electrons. The zero-order valence-corrected chi connectivity index (χ0v) is 72.2. The molecule has 0 aliphatic carbocycles. The number of guanidine groups is 3. The Bertz CT molecular complexity index is 3820. The number of ketones is 5. The summed E-state index contributed by atoms with van der Waals surface area (Å²) in [6.45, 7) is 16.7. The first kappa shape index (κ1) is 103. The molecule has 35 nitrogen and oxygen atoms in total. The van der Waals surface area contributed by atoms with Crippen molar-refractivity contribution in [3.05, 3.63) is 84.5 Å². The number of aliphatic imine (C=N–C) groups is 3. The minimum absolute atomic E-state index is 0.00278. The van der Waals surface area contributed by atoms with Crippen LogP contribution in [0, 0.1) is 41.4 Å². The van der Waals surface area contributed by atoms with E-state index in [4.69, 9.17) is 40.1 Å². The van der Waals surface area contributed by atoms with E-state index in [2.05, 4.69) is 83.7 Å². The third-order valence-corrected chi connectivity index (χ3v) is 20.8. The van der Waals surface area contributed by atoms with Gasteiger partial charge in [0.05, 0.1) is 55.1 Å². The summed E-state index contributed by atoms with van der Waals surface area (Å²) >= 11 is 0. The highest BCUT2D eigenvalue weighted by molar-refractivity contribution is 5.98. The lowest BCUT2D eigenvalue weighted by atomic mass is 9.88. The molecule has 0 unspecified atom stereocenters. The second kappa shape index (κ2) is 58.1. The summed E-state index contributed by atoms with van der Waals surface area (Å²) in [7, 11) is 0. The highest BCUT2D eigenvalue weighted by Crippen LogP contribution is 2.24. The molecular weight excluding hydrogens is 1540 g/mol. The van der Waals surface area contributed by atoms with Crippen molar-refractivity contribution in [1.29, 1.82) is 0 Å². The van der Waals surface area contributed by atoms with Crippen LogP contribution in [0.25, 0.3) is 0 Å². The minimum Gasteiger partial charge on any atom is -0.508 e. The van der Waals surface area contributed by atoms with Crippen molar-refractivity contribution >= 4 is 88.1 Å². The molecule has 24 N–H and O–H groups in total. The number of hydrogen-bond donors (Lipinski definition) is 17. The van der Waals surface area contributed by atoms with Gasteiger partial charge >= 0.3 is 0 Å². The number of nitrogens with two attached hydrogens (primary N) is 7. The van der Waals surface area contributed by atoms with Crippen LogP contribution in [0.5, 0.6) is 5.75 Å². The van der Waals surface area contributed by atoms with Gasteiger partial charge in [0.25, 0.3) is 0 Å². The average Bonchev–Trinajstić information content (AvgIpc) is 1.75. The lowest BCUT2D eigenvalue weighted by Gasteiger charge is -2.26. The van der Waals surface area contributed by atoms with Gasteiger partial charge in [-0.25, -0.2) is 15.0 Å². The molecule has 4 aromatic rings. The molecule has 3 aromatic heterocycles. The number of unbranched alkanes of at least 4 members (excludes halogenated alkanes) is 12. The molecule has 7 amide bonds. The monoisotopic (exact) mass is 1680 g/mol. The van der Waals surface area contributed by atoms with Crippen molar-refractivity contribution < 1.29 is 62.6 Å².